The monoisotopic (exact) mass is 197 g/mol. The van der Waals surface area contributed by atoms with Crippen LogP contribution in [-0.4, -0.2) is 33.2 Å². The molecule has 0 amide bonds. The molecule has 2 N–H and O–H groups in total. The van der Waals surface area contributed by atoms with Crippen molar-refractivity contribution < 1.29 is 9.90 Å². The first-order valence-electron chi connectivity index (χ1n) is 4.66. The van der Waals surface area contributed by atoms with Crippen molar-refractivity contribution in [2.45, 2.75) is 25.9 Å². The quantitative estimate of drug-likeness (QED) is 0.690. The molecule has 0 aliphatic heterocycles. The van der Waals surface area contributed by atoms with Crippen molar-refractivity contribution in [1.29, 1.82) is 0 Å². The Hall–Kier alpha value is -1.36. The van der Waals surface area contributed by atoms with E-state index in [-0.39, 0.29) is 0 Å². The molecule has 0 radical (unpaired) electrons. The average Bonchev–Trinajstić information content (AvgIpc) is 2.64. The average molecular weight is 197 g/mol. The number of hydrogen-bond donors (Lipinski definition) is 2. The van der Waals surface area contributed by atoms with E-state index in [9.17, 15) is 4.79 Å². The molecule has 14 heavy (non-hydrogen) atoms. The van der Waals surface area contributed by atoms with Crippen molar-refractivity contribution in [1.82, 2.24) is 14.9 Å². The molecule has 5 heteroatoms. The predicted molar refractivity (Wildman–Crippen MR) is 51.9 cm³/mol. The van der Waals surface area contributed by atoms with Crippen molar-refractivity contribution in [2.75, 3.05) is 6.54 Å². The molecular weight excluding hydrogens is 182 g/mol. The van der Waals surface area contributed by atoms with Gasteiger partial charge in [-0.3, -0.25) is 4.79 Å². The molecule has 0 spiro atoms. The van der Waals surface area contributed by atoms with Crippen LogP contribution in [0.2, 0.25) is 0 Å². The number of carboxylic acids is 1. The van der Waals surface area contributed by atoms with E-state index < -0.39 is 12.0 Å². The summed E-state index contributed by atoms with van der Waals surface area (Å²) in [5.74, 6) is -0.827. The summed E-state index contributed by atoms with van der Waals surface area (Å²) in [5, 5.41) is 11.9. The highest BCUT2D eigenvalue weighted by Gasteiger charge is 2.16. The number of imidazole rings is 1. The van der Waals surface area contributed by atoms with Crippen molar-refractivity contribution in [3.05, 3.63) is 18.7 Å². The Morgan fingerprint density at radius 3 is 3.00 bits per heavy atom. The van der Waals surface area contributed by atoms with Gasteiger partial charge in [-0.15, -0.1) is 0 Å². The third-order valence-electron chi connectivity index (χ3n) is 1.89. The third-order valence-corrected chi connectivity index (χ3v) is 1.89. The lowest BCUT2D eigenvalue weighted by molar-refractivity contribution is -0.139. The number of hydrogen-bond acceptors (Lipinski definition) is 3. The summed E-state index contributed by atoms with van der Waals surface area (Å²) >= 11 is 0. The van der Waals surface area contributed by atoms with Crippen LogP contribution in [0, 0.1) is 0 Å². The van der Waals surface area contributed by atoms with Crippen LogP contribution in [0.1, 0.15) is 13.3 Å². The Morgan fingerprint density at radius 1 is 1.71 bits per heavy atom. The van der Waals surface area contributed by atoms with Crippen molar-refractivity contribution in [3.8, 4) is 0 Å². The van der Waals surface area contributed by atoms with Crippen LogP contribution in [0.25, 0.3) is 0 Å². The van der Waals surface area contributed by atoms with Crippen LogP contribution in [0.3, 0.4) is 0 Å². The smallest absolute Gasteiger partial charge is 0.322 e. The highest BCUT2D eigenvalue weighted by atomic mass is 16.4. The number of nitrogens with zero attached hydrogens (tertiary/aromatic N) is 2. The molecule has 1 aromatic heterocycles. The first kappa shape index (κ1) is 10.7. The molecule has 1 atom stereocenters. The van der Waals surface area contributed by atoms with Crippen molar-refractivity contribution >= 4 is 5.97 Å². The lowest BCUT2D eigenvalue weighted by Crippen LogP contribution is -2.40. The molecule has 0 saturated heterocycles. The largest absolute Gasteiger partial charge is 0.480 e. The van der Waals surface area contributed by atoms with Gasteiger partial charge in [0.25, 0.3) is 0 Å². The zero-order valence-electron chi connectivity index (χ0n) is 8.18. The molecule has 0 aromatic carbocycles. The zero-order chi connectivity index (χ0) is 10.4. The van der Waals surface area contributed by atoms with Gasteiger partial charge in [0.1, 0.15) is 6.04 Å². The second-order valence-electron chi connectivity index (χ2n) is 3.10. The summed E-state index contributed by atoms with van der Waals surface area (Å²) in [4.78, 5) is 14.7. The summed E-state index contributed by atoms with van der Waals surface area (Å²) in [6, 6.07) is -0.538. The van der Waals surface area contributed by atoms with Gasteiger partial charge in [0.15, 0.2) is 0 Å². The summed E-state index contributed by atoms with van der Waals surface area (Å²) in [5.41, 5.74) is 0. The standard InChI is InChI=1S/C9H15N3O2/c1-2-3-11-8(9(13)14)6-12-5-4-10-7-12/h4-5,7-8,11H,2-3,6H2,1H3,(H,13,14). The molecule has 1 heterocycles. The number of nitrogens with one attached hydrogen (secondary N) is 1. The molecule has 0 saturated carbocycles. The predicted octanol–water partition coefficient (Wildman–Crippen LogP) is 0.336. The summed E-state index contributed by atoms with van der Waals surface area (Å²) in [6.45, 7) is 3.13. The minimum Gasteiger partial charge on any atom is -0.480 e. The molecule has 78 valence electrons. The van der Waals surface area contributed by atoms with Crippen LogP contribution < -0.4 is 5.32 Å². The Balaban J connectivity index is 2.47. The van der Waals surface area contributed by atoms with Gasteiger partial charge in [0, 0.05) is 18.9 Å². The lowest BCUT2D eigenvalue weighted by atomic mass is 10.3. The summed E-state index contributed by atoms with van der Waals surface area (Å²) < 4.78 is 1.75. The van der Waals surface area contributed by atoms with Gasteiger partial charge >= 0.3 is 5.97 Å². The topological polar surface area (TPSA) is 67.2 Å². The molecular formula is C9H15N3O2. The molecule has 0 bridgehead atoms. The second-order valence-corrected chi connectivity index (χ2v) is 3.10. The molecule has 1 aromatic rings. The fourth-order valence-corrected chi connectivity index (χ4v) is 1.15. The van der Waals surface area contributed by atoms with E-state index in [0.29, 0.717) is 13.1 Å². The fraction of sp³-hybridized carbons (Fsp3) is 0.556. The number of carboxylic acid groups (broad SMARTS) is 1. The van der Waals surface area contributed by atoms with E-state index in [1.807, 2.05) is 6.92 Å². The third kappa shape index (κ3) is 3.18. The molecule has 0 aliphatic rings. The first-order valence-corrected chi connectivity index (χ1v) is 4.66. The Kier molecular flexibility index (Phi) is 4.12. The normalized spacial score (nSPS) is 12.6. The van der Waals surface area contributed by atoms with E-state index in [1.165, 1.54) is 0 Å². The minimum atomic E-state index is -0.827. The maximum atomic E-state index is 10.8. The Morgan fingerprint density at radius 2 is 2.50 bits per heavy atom. The fourth-order valence-electron chi connectivity index (χ4n) is 1.15. The van der Waals surface area contributed by atoms with E-state index in [1.54, 1.807) is 23.3 Å². The number of rotatable bonds is 6. The highest BCUT2D eigenvalue weighted by Crippen LogP contribution is 1.93. The Labute approximate surface area is 82.8 Å². The van der Waals surface area contributed by atoms with Gasteiger partial charge in [-0.1, -0.05) is 6.92 Å². The van der Waals surface area contributed by atoms with Gasteiger partial charge in [-0.05, 0) is 13.0 Å². The van der Waals surface area contributed by atoms with Crippen LogP contribution in [-0.2, 0) is 11.3 Å². The van der Waals surface area contributed by atoms with Crippen LogP contribution in [0.15, 0.2) is 18.7 Å². The van der Waals surface area contributed by atoms with Crippen LogP contribution in [0.5, 0.6) is 0 Å². The number of aromatic nitrogens is 2. The SMILES string of the molecule is CCCNC(Cn1ccnc1)C(=O)O. The van der Waals surface area contributed by atoms with Gasteiger partial charge in [0.2, 0.25) is 0 Å². The maximum Gasteiger partial charge on any atom is 0.322 e. The molecule has 1 rings (SSSR count). The van der Waals surface area contributed by atoms with Gasteiger partial charge in [-0.2, -0.15) is 0 Å². The van der Waals surface area contributed by atoms with E-state index in [2.05, 4.69) is 10.3 Å². The van der Waals surface area contributed by atoms with Crippen LogP contribution >= 0.6 is 0 Å². The number of carbonyl (C=O) groups is 1. The van der Waals surface area contributed by atoms with Gasteiger partial charge in [-0.25, -0.2) is 4.98 Å². The zero-order valence-corrected chi connectivity index (χ0v) is 8.18. The highest BCUT2D eigenvalue weighted by molar-refractivity contribution is 5.73. The van der Waals surface area contributed by atoms with Crippen LogP contribution in [0.4, 0.5) is 0 Å². The summed E-state index contributed by atoms with van der Waals surface area (Å²) in [7, 11) is 0. The molecule has 1 unspecified atom stereocenters. The van der Waals surface area contributed by atoms with Gasteiger partial charge in [0.05, 0.1) is 6.33 Å². The molecule has 0 aliphatic carbocycles. The van der Waals surface area contributed by atoms with E-state index >= 15 is 0 Å². The van der Waals surface area contributed by atoms with Crippen molar-refractivity contribution in [2.24, 2.45) is 0 Å². The van der Waals surface area contributed by atoms with Crippen molar-refractivity contribution in [3.63, 3.8) is 0 Å². The maximum absolute atomic E-state index is 10.8. The molecule has 0 fully saturated rings. The first-order chi connectivity index (χ1) is 6.74. The van der Waals surface area contributed by atoms with E-state index in [4.69, 9.17) is 5.11 Å². The second kappa shape index (κ2) is 5.39. The Bertz CT molecular complexity index is 272. The lowest BCUT2D eigenvalue weighted by Gasteiger charge is -2.13. The summed E-state index contributed by atoms with van der Waals surface area (Å²) in [6.07, 6.45) is 5.93. The van der Waals surface area contributed by atoms with Gasteiger partial charge < -0.3 is 15.0 Å². The van der Waals surface area contributed by atoms with E-state index in [0.717, 1.165) is 6.42 Å². The minimum absolute atomic E-state index is 0.412. The molecule has 5 nitrogen and oxygen atoms in total. The number of aliphatic carboxylic acids is 1.